The molecule has 0 heterocycles. The Bertz CT molecular complexity index is 403. The predicted octanol–water partition coefficient (Wildman–Crippen LogP) is 3.67. The molecule has 0 aromatic heterocycles. The Labute approximate surface area is 119 Å². The van der Waals surface area contributed by atoms with Crippen LogP contribution in [-0.2, 0) is 11.2 Å². The summed E-state index contributed by atoms with van der Waals surface area (Å²) in [6, 6.07) is 8.33. The molecule has 3 heteroatoms. The number of Topliss-reactive ketones (excluding diaryl/α,β-unsaturated/α-hetero) is 1. The highest BCUT2D eigenvalue weighted by molar-refractivity contribution is 9.10. The molecule has 0 saturated heterocycles. The molecule has 0 fully saturated rings. The van der Waals surface area contributed by atoms with Crippen LogP contribution in [0, 0.1) is 5.41 Å². The topological polar surface area (TPSA) is 20.3 Å². The first-order chi connectivity index (χ1) is 8.21. The molecule has 0 aliphatic heterocycles. The van der Waals surface area contributed by atoms with Crippen molar-refractivity contribution < 1.29 is 4.79 Å². The van der Waals surface area contributed by atoms with Gasteiger partial charge in [0.1, 0.15) is 0 Å². The third-order valence-electron chi connectivity index (χ3n) is 2.89. The number of nitrogens with zero attached hydrogens (tertiary/aromatic N) is 1. The first-order valence-corrected chi connectivity index (χ1v) is 7.08. The van der Waals surface area contributed by atoms with E-state index in [9.17, 15) is 4.79 Å². The monoisotopic (exact) mass is 311 g/mol. The van der Waals surface area contributed by atoms with E-state index in [0.717, 1.165) is 6.42 Å². The molecule has 1 aromatic rings. The molecule has 1 unspecified atom stereocenters. The lowest BCUT2D eigenvalue weighted by Gasteiger charge is -2.21. The normalized spacial score (nSPS) is 13.2. The molecule has 0 saturated carbocycles. The van der Waals surface area contributed by atoms with E-state index in [2.05, 4.69) is 45.1 Å². The average Bonchev–Trinajstić information content (AvgIpc) is 2.27. The molecular formula is C15H22BrNO. The number of rotatable bonds is 4. The summed E-state index contributed by atoms with van der Waals surface area (Å²) < 4.78 is 0. The van der Waals surface area contributed by atoms with E-state index in [1.165, 1.54) is 11.3 Å². The number of halogens is 1. The van der Waals surface area contributed by atoms with Gasteiger partial charge in [-0.1, -0.05) is 48.8 Å². The van der Waals surface area contributed by atoms with Crippen LogP contribution < -0.4 is 4.90 Å². The molecule has 1 aromatic carbocycles. The van der Waals surface area contributed by atoms with Gasteiger partial charge in [0.05, 0.1) is 4.83 Å². The van der Waals surface area contributed by atoms with E-state index >= 15 is 0 Å². The summed E-state index contributed by atoms with van der Waals surface area (Å²) in [5, 5.41) is 0. The second kappa shape index (κ2) is 5.87. The summed E-state index contributed by atoms with van der Waals surface area (Å²) in [6.07, 6.45) is 0.740. The Morgan fingerprint density at radius 2 is 1.72 bits per heavy atom. The van der Waals surface area contributed by atoms with Gasteiger partial charge in [0, 0.05) is 25.2 Å². The molecule has 0 aliphatic rings. The number of hydrogen-bond donors (Lipinski definition) is 0. The zero-order chi connectivity index (χ0) is 13.9. The third-order valence-corrected chi connectivity index (χ3v) is 3.63. The van der Waals surface area contributed by atoms with Crippen molar-refractivity contribution in [2.45, 2.75) is 32.0 Å². The minimum absolute atomic E-state index is 0.109. The highest BCUT2D eigenvalue weighted by Gasteiger charge is 2.27. The van der Waals surface area contributed by atoms with Gasteiger partial charge >= 0.3 is 0 Å². The smallest absolute Gasteiger partial charge is 0.152 e. The Morgan fingerprint density at radius 3 is 2.11 bits per heavy atom. The molecule has 0 radical (unpaired) electrons. The van der Waals surface area contributed by atoms with Crippen LogP contribution in [-0.4, -0.2) is 24.7 Å². The maximum absolute atomic E-state index is 12.1. The van der Waals surface area contributed by atoms with Gasteiger partial charge in [0.2, 0.25) is 0 Å². The highest BCUT2D eigenvalue weighted by Crippen LogP contribution is 2.24. The second-order valence-corrected chi connectivity index (χ2v) is 6.95. The zero-order valence-electron chi connectivity index (χ0n) is 11.8. The Balaban J connectivity index is 2.71. The number of carbonyl (C=O) groups is 1. The van der Waals surface area contributed by atoms with Gasteiger partial charge in [-0.05, 0) is 24.1 Å². The van der Waals surface area contributed by atoms with Crippen LogP contribution in [0.5, 0.6) is 0 Å². The van der Waals surface area contributed by atoms with E-state index < -0.39 is 0 Å². The van der Waals surface area contributed by atoms with Crippen molar-refractivity contribution in [1.29, 1.82) is 0 Å². The summed E-state index contributed by atoms with van der Waals surface area (Å²) >= 11 is 3.50. The molecule has 0 aliphatic carbocycles. The van der Waals surface area contributed by atoms with Crippen LogP contribution in [0.25, 0.3) is 0 Å². The summed E-state index contributed by atoms with van der Waals surface area (Å²) in [4.78, 5) is 14.0. The first kappa shape index (κ1) is 15.2. The zero-order valence-corrected chi connectivity index (χ0v) is 13.4. The fourth-order valence-corrected chi connectivity index (χ4v) is 2.76. The molecule has 18 heavy (non-hydrogen) atoms. The largest absolute Gasteiger partial charge is 0.378 e. The van der Waals surface area contributed by atoms with E-state index in [1.807, 2.05) is 34.9 Å². The minimum Gasteiger partial charge on any atom is -0.378 e. The van der Waals surface area contributed by atoms with Crippen molar-refractivity contribution in [3.8, 4) is 0 Å². The van der Waals surface area contributed by atoms with Crippen LogP contribution in [0.1, 0.15) is 26.3 Å². The molecule has 1 rings (SSSR count). The Morgan fingerprint density at radius 1 is 1.22 bits per heavy atom. The van der Waals surface area contributed by atoms with Crippen LogP contribution >= 0.6 is 15.9 Å². The SMILES string of the molecule is CN(C)c1ccc(CC(Br)C(=O)C(C)(C)C)cc1. The lowest BCUT2D eigenvalue weighted by molar-refractivity contribution is -0.125. The fraction of sp³-hybridized carbons (Fsp3) is 0.533. The van der Waals surface area contributed by atoms with Crippen molar-refractivity contribution in [3.05, 3.63) is 29.8 Å². The molecule has 0 spiro atoms. The lowest BCUT2D eigenvalue weighted by Crippen LogP contribution is -2.30. The molecule has 0 bridgehead atoms. The molecule has 100 valence electrons. The molecule has 2 nitrogen and oxygen atoms in total. The number of hydrogen-bond acceptors (Lipinski definition) is 2. The van der Waals surface area contributed by atoms with Gasteiger partial charge in [0.15, 0.2) is 5.78 Å². The second-order valence-electron chi connectivity index (χ2n) is 5.85. The first-order valence-electron chi connectivity index (χ1n) is 6.16. The van der Waals surface area contributed by atoms with Crippen molar-refractivity contribution in [2.24, 2.45) is 5.41 Å². The van der Waals surface area contributed by atoms with Crippen LogP contribution in [0.2, 0.25) is 0 Å². The van der Waals surface area contributed by atoms with Gasteiger partial charge in [-0.3, -0.25) is 4.79 Å². The quantitative estimate of drug-likeness (QED) is 0.791. The van der Waals surface area contributed by atoms with E-state index in [1.54, 1.807) is 0 Å². The van der Waals surface area contributed by atoms with Crippen LogP contribution in [0.15, 0.2) is 24.3 Å². The lowest BCUT2D eigenvalue weighted by atomic mass is 9.87. The third kappa shape index (κ3) is 4.13. The standard InChI is InChI=1S/C15H22BrNO/c1-15(2,3)14(18)13(16)10-11-6-8-12(9-7-11)17(4)5/h6-9,13H,10H2,1-5H3. The molecule has 1 atom stereocenters. The number of ketones is 1. The number of carbonyl (C=O) groups excluding carboxylic acids is 1. The van der Waals surface area contributed by atoms with Crippen LogP contribution in [0.3, 0.4) is 0 Å². The summed E-state index contributed by atoms with van der Waals surface area (Å²) in [5.74, 6) is 0.249. The maximum atomic E-state index is 12.1. The van der Waals surface area contributed by atoms with E-state index in [0.29, 0.717) is 0 Å². The van der Waals surface area contributed by atoms with Crippen LogP contribution in [0.4, 0.5) is 5.69 Å². The van der Waals surface area contributed by atoms with Gasteiger partial charge in [-0.25, -0.2) is 0 Å². The molecule has 0 N–H and O–H groups in total. The Kier molecular flexibility index (Phi) is 4.97. The molecular weight excluding hydrogens is 290 g/mol. The average molecular weight is 312 g/mol. The van der Waals surface area contributed by atoms with Gasteiger partial charge in [0.25, 0.3) is 0 Å². The number of alkyl halides is 1. The number of benzene rings is 1. The summed E-state index contributed by atoms with van der Waals surface area (Å²) in [7, 11) is 4.04. The van der Waals surface area contributed by atoms with Crippen molar-refractivity contribution in [3.63, 3.8) is 0 Å². The highest BCUT2D eigenvalue weighted by atomic mass is 79.9. The number of anilines is 1. The van der Waals surface area contributed by atoms with E-state index in [4.69, 9.17) is 0 Å². The van der Waals surface area contributed by atoms with Gasteiger partial charge in [-0.15, -0.1) is 0 Å². The fourth-order valence-electron chi connectivity index (χ4n) is 1.70. The van der Waals surface area contributed by atoms with E-state index in [-0.39, 0.29) is 16.0 Å². The molecule has 0 amide bonds. The van der Waals surface area contributed by atoms with Crippen molar-refractivity contribution >= 4 is 27.4 Å². The maximum Gasteiger partial charge on any atom is 0.152 e. The Hall–Kier alpha value is -0.830. The van der Waals surface area contributed by atoms with Crippen molar-refractivity contribution in [1.82, 2.24) is 0 Å². The predicted molar refractivity (Wildman–Crippen MR) is 81.7 cm³/mol. The minimum atomic E-state index is -0.294. The van der Waals surface area contributed by atoms with Gasteiger partial charge in [-0.2, -0.15) is 0 Å². The summed E-state index contributed by atoms with van der Waals surface area (Å²) in [6.45, 7) is 5.87. The van der Waals surface area contributed by atoms with Gasteiger partial charge < -0.3 is 4.90 Å². The summed E-state index contributed by atoms with van der Waals surface area (Å²) in [5.41, 5.74) is 2.06. The van der Waals surface area contributed by atoms with Crippen molar-refractivity contribution in [2.75, 3.05) is 19.0 Å².